The minimum atomic E-state index is -0.776. The van der Waals surface area contributed by atoms with Crippen molar-refractivity contribution < 1.29 is 19.1 Å². The average Bonchev–Trinajstić information content (AvgIpc) is 3.23. The Morgan fingerprint density at radius 2 is 1.45 bits per heavy atom. The molecule has 4 heterocycles. The zero-order valence-electron chi connectivity index (χ0n) is 11.5. The van der Waals surface area contributed by atoms with E-state index in [1.54, 1.807) is 9.80 Å². The van der Waals surface area contributed by atoms with Crippen LogP contribution in [-0.2, 0) is 9.47 Å². The van der Waals surface area contributed by atoms with Crippen molar-refractivity contribution in [1.29, 1.82) is 0 Å². The van der Waals surface area contributed by atoms with Crippen LogP contribution < -0.4 is 10.6 Å². The number of rotatable bonds is 4. The molecule has 4 atom stereocenters. The number of carbonyl (C=O) groups excluding carboxylic acids is 2. The summed E-state index contributed by atoms with van der Waals surface area (Å²) in [6.07, 6.45) is 0.157. The number of carbonyl (C=O) groups is 2. The van der Waals surface area contributed by atoms with Gasteiger partial charge in [0.15, 0.2) is 11.3 Å². The lowest BCUT2D eigenvalue weighted by Crippen LogP contribution is -2.64. The molecule has 4 unspecified atom stereocenters. The van der Waals surface area contributed by atoms with Crippen LogP contribution in [0.2, 0.25) is 0 Å². The first-order valence-electron chi connectivity index (χ1n) is 6.87. The van der Waals surface area contributed by atoms with E-state index in [1.165, 1.54) is 0 Å². The molecule has 8 heteroatoms. The summed E-state index contributed by atoms with van der Waals surface area (Å²) in [6, 6.07) is -0.348. The van der Waals surface area contributed by atoms with Gasteiger partial charge in [-0.05, 0) is 13.8 Å². The Hall–Kier alpha value is -1.54. The van der Waals surface area contributed by atoms with Crippen LogP contribution in [0.4, 0.5) is 9.59 Å². The molecule has 20 heavy (non-hydrogen) atoms. The zero-order chi connectivity index (χ0) is 14.1. The van der Waals surface area contributed by atoms with Gasteiger partial charge >= 0.3 is 12.1 Å². The van der Waals surface area contributed by atoms with Gasteiger partial charge in [0.25, 0.3) is 0 Å². The van der Waals surface area contributed by atoms with Crippen molar-refractivity contribution in [3.63, 3.8) is 0 Å². The van der Waals surface area contributed by atoms with Gasteiger partial charge in [-0.15, -0.1) is 0 Å². The highest BCUT2D eigenvalue weighted by Gasteiger charge is 2.68. The van der Waals surface area contributed by atoms with E-state index in [0.717, 1.165) is 0 Å². The van der Waals surface area contributed by atoms with Crippen LogP contribution in [0, 0.1) is 0 Å². The first kappa shape index (κ1) is 12.2. The number of epoxide rings is 2. The Morgan fingerprint density at radius 3 is 1.80 bits per heavy atom. The fourth-order valence-corrected chi connectivity index (χ4v) is 3.18. The van der Waals surface area contributed by atoms with E-state index in [1.807, 2.05) is 13.8 Å². The molecule has 4 rings (SSSR count). The molecule has 0 aromatic heterocycles. The maximum atomic E-state index is 12.7. The fourth-order valence-electron chi connectivity index (χ4n) is 3.18. The van der Waals surface area contributed by atoms with Crippen LogP contribution in [0.1, 0.15) is 13.8 Å². The summed E-state index contributed by atoms with van der Waals surface area (Å²) >= 11 is 0. The van der Waals surface area contributed by atoms with E-state index in [-0.39, 0.29) is 24.3 Å². The summed E-state index contributed by atoms with van der Waals surface area (Å²) in [5, 5.41) is 5.77. The highest BCUT2D eigenvalue weighted by molar-refractivity contribution is 5.88. The third-order valence-corrected chi connectivity index (χ3v) is 4.78. The van der Waals surface area contributed by atoms with Crippen molar-refractivity contribution in [1.82, 2.24) is 20.4 Å². The molecular formula is C12H18N4O4. The van der Waals surface area contributed by atoms with Crippen LogP contribution in [-0.4, -0.2) is 71.7 Å². The molecule has 0 bridgehead atoms. The van der Waals surface area contributed by atoms with Gasteiger partial charge in [-0.1, -0.05) is 0 Å². The Labute approximate surface area is 116 Å². The first-order valence-corrected chi connectivity index (χ1v) is 6.87. The van der Waals surface area contributed by atoms with Crippen LogP contribution in [0.3, 0.4) is 0 Å². The van der Waals surface area contributed by atoms with Crippen molar-refractivity contribution >= 4 is 12.1 Å². The SMILES string of the molecule is CC12NC(=O)NC1(C)N(CC1CO1)C(=O)N2CC1CO1. The second kappa shape index (κ2) is 3.56. The highest BCUT2D eigenvalue weighted by Crippen LogP contribution is 2.42. The van der Waals surface area contributed by atoms with E-state index >= 15 is 0 Å². The van der Waals surface area contributed by atoms with Crippen molar-refractivity contribution in [3.05, 3.63) is 0 Å². The number of hydrogen-bond acceptors (Lipinski definition) is 4. The molecular weight excluding hydrogens is 264 g/mol. The maximum absolute atomic E-state index is 12.7. The van der Waals surface area contributed by atoms with Gasteiger partial charge in [-0.2, -0.15) is 0 Å². The topological polar surface area (TPSA) is 89.7 Å². The molecule has 0 saturated carbocycles. The predicted molar refractivity (Wildman–Crippen MR) is 66.8 cm³/mol. The van der Waals surface area contributed by atoms with Crippen molar-refractivity contribution in [3.8, 4) is 0 Å². The normalized spacial score (nSPS) is 45.3. The Balaban J connectivity index is 1.69. The Morgan fingerprint density at radius 1 is 1.05 bits per heavy atom. The molecule has 0 spiro atoms. The fraction of sp³-hybridized carbons (Fsp3) is 0.833. The lowest BCUT2D eigenvalue weighted by atomic mass is 9.97. The summed E-state index contributed by atoms with van der Waals surface area (Å²) in [7, 11) is 0. The minimum absolute atomic E-state index is 0.0784. The van der Waals surface area contributed by atoms with Crippen molar-refractivity contribution in [2.24, 2.45) is 0 Å². The van der Waals surface area contributed by atoms with Gasteiger partial charge in [0, 0.05) is 0 Å². The summed E-state index contributed by atoms with van der Waals surface area (Å²) in [4.78, 5) is 27.9. The number of hydrogen-bond donors (Lipinski definition) is 2. The van der Waals surface area contributed by atoms with Gasteiger partial charge < -0.3 is 20.1 Å². The minimum Gasteiger partial charge on any atom is -0.371 e. The monoisotopic (exact) mass is 282 g/mol. The Kier molecular flexibility index (Phi) is 2.17. The molecule has 4 fully saturated rings. The third kappa shape index (κ3) is 1.49. The standard InChI is InChI=1S/C12H18N4O4/c1-11-12(2,14-9(17)13-11)16(4-8-6-20-8)10(18)15(11)3-7-5-19-7/h7-8H,3-6H2,1-2H3,(H2,13,14,17). The van der Waals surface area contributed by atoms with Gasteiger partial charge in [-0.3, -0.25) is 9.80 Å². The number of ether oxygens (including phenoxy) is 2. The van der Waals surface area contributed by atoms with Gasteiger partial charge in [0.2, 0.25) is 0 Å². The molecule has 8 nitrogen and oxygen atoms in total. The molecule has 4 aliphatic rings. The second-order valence-corrected chi connectivity index (χ2v) is 6.14. The van der Waals surface area contributed by atoms with E-state index in [0.29, 0.717) is 26.3 Å². The van der Waals surface area contributed by atoms with Crippen LogP contribution >= 0.6 is 0 Å². The summed E-state index contributed by atoms with van der Waals surface area (Å²) in [5.41, 5.74) is -1.55. The molecule has 4 saturated heterocycles. The van der Waals surface area contributed by atoms with Gasteiger partial charge in [0.1, 0.15) is 0 Å². The number of amides is 4. The summed E-state index contributed by atoms with van der Waals surface area (Å²) in [6.45, 7) is 6.08. The number of fused-ring (bicyclic) bond motifs is 1. The average molecular weight is 282 g/mol. The zero-order valence-corrected chi connectivity index (χ0v) is 11.5. The lowest BCUT2D eigenvalue weighted by Gasteiger charge is -2.38. The van der Waals surface area contributed by atoms with Crippen LogP contribution in [0.25, 0.3) is 0 Å². The molecule has 0 aliphatic carbocycles. The lowest BCUT2D eigenvalue weighted by molar-refractivity contribution is 0.0709. The molecule has 110 valence electrons. The molecule has 0 radical (unpaired) electrons. The quantitative estimate of drug-likeness (QED) is 0.665. The van der Waals surface area contributed by atoms with Crippen LogP contribution in [0.5, 0.6) is 0 Å². The van der Waals surface area contributed by atoms with Crippen LogP contribution in [0.15, 0.2) is 0 Å². The second-order valence-electron chi connectivity index (χ2n) is 6.14. The number of urea groups is 2. The molecule has 4 aliphatic heterocycles. The predicted octanol–water partition coefficient (Wildman–Crippen LogP) is -0.733. The van der Waals surface area contributed by atoms with E-state index < -0.39 is 11.3 Å². The van der Waals surface area contributed by atoms with Gasteiger partial charge in [0.05, 0.1) is 38.5 Å². The smallest absolute Gasteiger partial charge is 0.324 e. The molecule has 2 N–H and O–H groups in total. The molecule has 0 aromatic rings. The summed E-state index contributed by atoms with van der Waals surface area (Å²) in [5.74, 6) is 0. The highest BCUT2D eigenvalue weighted by atomic mass is 16.6. The first-order chi connectivity index (χ1) is 9.44. The van der Waals surface area contributed by atoms with E-state index in [2.05, 4.69) is 10.6 Å². The number of nitrogens with one attached hydrogen (secondary N) is 2. The number of nitrogens with zero attached hydrogens (tertiary/aromatic N) is 2. The van der Waals surface area contributed by atoms with E-state index in [4.69, 9.17) is 9.47 Å². The summed E-state index contributed by atoms with van der Waals surface area (Å²) < 4.78 is 10.5. The molecule has 0 aromatic carbocycles. The largest absolute Gasteiger partial charge is 0.371 e. The molecule has 4 amide bonds. The van der Waals surface area contributed by atoms with Gasteiger partial charge in [-0.25, -0.2) is 9.59 Å². The van der Waals surface area contributed by atoms with Crippen molar-refractivity contribution in [2.45, 2.75) is 37.4 Å². The van der Waals surface area contributed by atoms with Crippen molar-refractivity contribution in [2.75, 3.05) is 26.3 Å². The Bertz CT molecular complexity index is 452. The maximum Gasteiger partial charge on any atom is 0.324 e. The van der Waals surface area contributed by atoms with E-state index in [9.17, 15) is 9.59 Å². The third-order valence-electron chi connectivity index (χ3n) is 4.78.